The minimum Gasteiger partial charge on any atom is -0.428 e. The smallest absolute Gasteiger partial charge is 0.343 e. The van der Waals surface area contributed by atoms with Gasteiger partial charge in [-0.15, -0.1) is 0 Å². The Morgan fingerprint density at radius 2 is 1.81 bits per heavy atom. The standard InChI is InChI=1S/C14H12O2/c1-10(2)16-14(15)13-8-7-11-5-3-4-6-12(11)9-13/h3-9H,1H2,2H3. The Bertz CT molecular complexity index is 555. The van der Waals surface area contributed by atoms with Crippen molar-refractivity contribution < 1.29 is 9.53 Å². The zero-order chi connectivity index (χ0) is 11.5. The summed E-state index contributed by atoms with van der Waals surface area (Å²) in [6, 6.07) is 13.4. The number of esters is 1. The van der Waals surface area contributed by atoms with Gasteiger partial charge in [-0.2, -0.15) is 0 Å². The monoisotopic (exact) mass is 212 g/mol. The molecule has 0 heterocycles. The lowest BCUT2D eigenvalue weighted by molar-refractivity contribution is 0.0628. The number of hydrogen-bond acceptors (Lipinski definition) is 2. The van der Waals surface area contributed by atoms with E-state index in [9.17, 15) is 4.79 Å². The maximum Gasteiger partial charge on any atom is 0.343 e. The summed E-state index contributed by atoms with van der Waals surface area (Å²) < 4.78 is 4.95. The number of benzene rings is 2. The highest BCUT2D eigenvalue weighted by atomic mass is 16.5. The van der Waals surface area contributed by atoms with Gasteiger partial charge in [-0.05, 0) is 29.8 Å². The van der Waals surface area contributed by atoms with E-state index in [2.05, 4.69) is 6.58 Å². The lowest BCUT2D eigenvalue weighted by atomic mass is 10.1. The Kier molecular flexibility index (Phi) is 2.73. The van der Waals surface area contributed by atoms with Gasteiger partial charge in [0.15, 0.2) is 0 Å². The molecular formula is C14H12O2. The van der Waals surface area contributed by atoms with Crippen LogP contribution in [0.2, 0.25) is 0 Å². The molecule has 0 saturated carbocycles. The maximum absolute atomic E-state index is 11.6. The predicted molar refractivity (Wildman–Crippen MR) is 64.2 cm³/mol. The van der Waals surface area contributed by atoms with Gasteiger partial charge in [-0.3, -0.25) is 0 Å². The largest absolute Gasteiger partial charge is 0.428 e. The summed E-state index contributed by atoms with van der Waals surface area (Å²) in [4.78, 5) is 11.6. The third-order valence-electron chi connectivity index (χ3n) is 2.25. The van der Waals surface area contributed by atoms with E-state index in [1.807, 2.05) is 36.4 Å². The molecule has 0 spiro atoms. The highest BCUT2D eigenvalue weighted by Crippen LogP contribution is 2.16. The van der Waals surface area contributed by atoms with Crippen LogP contribution in [0.4, 0.5) is 0 Å². The Labute approximate surface area is 94.2 Å². The van der Waals surface area contributed by atoms with Gasteiger partial charge in [0.25, 0.3) is 0 Å². The highest BCUT2D eigenvalue weighted by Gasteiger charge is 2.07. The Hall–Kier alpha value is -2.09. The Morgan fingerprint density at radius 1 is 1.12 bits per heavy atom. The van der Waals surface area contributed by atoms with Crippen LogP contribution < -0.4 is 0 Å². The molecule has 2 nitrogen and oxygen atoms in total. The molecule has 2 aromatic rings. The molecule has 0 atom stereocenters. The van der Waals surface area contributed by atoms with Crippen molar-refractivity contribution in [1.29, 1.82) is 0 Å². The van der Waals surface area contributed by atoms with E-state index in [0.717, 1.165) is 10.8 Å². The van der Waals surface area contributed by atoms with Crippen molar-refractivity contribution in [3.05, 3.63) is 60.4 Å². The molecule has 0 aromatic heterocycles. The summed E-state index contributed by atoms with van der Waals surface area (Å²) >= 11 is 0. The quantitative estimate of drug-likeness (QED) is 0.562. The van der Waals surface area contributed by atoms with Gasteiger partial charge in [0.05, 0.1) is 11.3 Å². The maximum atomic E-state index is 11.6. The van der Waals surface area contributed by atoms with Crippen LogP contribution in [0.15, 0.2) is 54.8 Å². The topological polar surface area (TPSA) is 26.3 Å². The van der Waals surface area contributed by atoms with Gasteiger partial charge in [-0.1, -0.05) is 36.9 Å². The van der Waals surface area contributed by atoms with E-state index in [1.165, 1.54) is 0 Å². The fourth-order valence-electron chi connectivity index (χ4n) is 1.53. The molecule has 0 aliphatic carbocycles. The van der Waals surface area contributed by atoms with E-state index in [1.54, 1.807) is 13.0 Å². The van der Waals surface area contributed by atoms with E-state index < -0.39 is 0 Å². The van der Waals surface area contributed by atoms with Crippen LogP contribution in [-0.2, 0) is 4.74 Å². The van der Waals surface area contributed by atoms with E-state index in [0.29, 0.717) is 11.3 Å². The van der Waals surface area contributed by atoms with Crippen LogP contribution in [0.1, 0.15) is 17.3 Å². The number of carbonyl (C=O) groups excluding carboxylic acids is 1. The first-order valence-corrected chi connectivity index (χ1v) is 5.03. The normalized spacial score (nSPS) is 10.1. The molecule has 0 radical (unpaired) electrons. The second-order valence-electron chi connectivity index (χ2n) is 3.65. The SMILES string of the molecule is C=C(C)OC(=O)c1ccc2ccccc2c1. The molecule has 2 aromatic carbocycles. The van der Waals surface area contributed by atoms with E-state index >= 15 is 0 Å². The molecule has 2 rings (SSSR count). The van der Waals surface area contributed by atoms with Crippen LogP contribution in [-0.4, -0.2) is 5.97 Å². The minimum absolute atomic E-state index is 0.363. The number of fused-ring (bicyclic) bond motifs is 1. The molecule has 2 heteroatoms. The summed E-state index contributed by atoms with van der Waals surface area (Å²) in [6.45, 7) is 5.19. The number of rotatable bonds is 2. The van der Waals surface area contributed by atoms with Crippen LogP contribution in [0.25, 0.3) is 10.8 Å². The van der Waals surface area contributed by atoms with Gasteiger partial charge in [-0.25, -0.2) is 4.79 Å². The van der Waals surface area contributed by atoms with E-state index in [4.69, 9.17) is 4.74 Å². The van der Waals surface area contributed by atoms with Crippen molar-refractivity contribution in [2.75, 3.05) is 0 Å². The van der Waals surface area contributed by atoms with Crippen molar-refractivity contribution in [3.8, 4) is 0 Å². The van der Waals surface area contributed by atoms with Gasteiger partial charge in [0.2, 0.25) is 0 Å². The van der Waals surface area contributed by atoms with Gasteiger partial charge in [0.1, 0.15) is 0 Å². The van der Waals surface area contributed by atoms with Crippen molar-refractivity contribution in [3.63, 3.8) is 0 Å². The summed E-state index contributed by atoms with van der Waals surface area (Å²) in [7, 11) is 0. The molecule has 0 bridgehead atoms. The minimum atomic E-state index is -0.363. The third kappa shape index (κ3) is 2.11. The average molecular weight is 212 g/mol. The van der Waals surface area contributed by atoms with Gasteiger partial charge in [0, 0.05) is 0 Å². The summed E-state index contributed by atoms with van der Waals surface area (Å²) in [5, 5.41) is 2.13. The molecule has 0 aliphatic rings. The first-order valence-electron chi connectivity index (χ1n) is 5.03. The molecule has 0 unspecified atom stereocenters. The summed E-state index contributed by atoms with van der Waals surface area (Å²) in [5.41, 5.74) is 0.543. The molecule has 16 heavy (non-hydrogen) atoms. The second kappa shape index (κ2) is 4.19. The second-order valence-corrected chi connectivity index (χ2v) is 3.65. The Balaban J connectivity index is 2.39. The van der Waals surface area contributed by atoms with Crippen molar-refractivity contribution in [2.24, 2.45) is 0 Å². The zero-order valence-electron chi connectivity index (χ0n) is 9.07. The molecule has 0 aliphatic heterocycles. The number of allylic oxidation sites excluding steroid dienone is 1. The lowest BCUT2D eigenvalue weighted by Crippen LogP contribution is -2.02. The molecule has 0 N–H and O–H groups in total. The lowest BCUT2D eigenvalue weighted by Gasteiger charge is -2.04. The number of ether oxygens (including phenoxy) is 1. The van der Waals surface area contributed by atoms with Crippen molar-refractivity contribution in [1.82, 2.24) is 0 Å². The molecule has 0 amide bonds. The average Bonchev–Trinajstić information content (AvgIpc) is 2.27. The van der Waals surface area contributed by atoms with Gasteiger partial charge < -0.3 is 4.74 Å². The fourth-order valence-corrected chi connectivity index (χ4v) is 1.53. The summed E-state index contributed by atoms with van der Waals surface area (Å²) in [5.74, 6) is 0.0383. The highest BCUT2D eigenvalue weighted by molar-refractivity contribution is 5.95. The molecule has 0 saturated heterocycles. The fraction of sp³-hybridized carbons (Fsp3) is 0.0714. The van der Waals surface area contributed by atoms with Gasteiger partial charge >= 0.3 is 5.97 Å². The zero-order valence-corrected chi connectivity index (χ0v) is 9.07. The molecule has 0 fully saturated rings. The Morgan fingerprint density at radius 3 is 2.50 bits per heavy atom. The first kappa shape index (κ1) is 10.4. The van der Waals surface area contributed by atoms with Crippen molar-refractivity contribution >= 4 is 16.7 Å². The third-order valence-corrected chi connectivity index (χ3v) is 2.25. The summed E-state index contributed by atoms with van der Waals surface area (Å²) in [6.07, 6.45) is 0. The van der Waals surface area contributed by atoms with E-state index in [-0.39, 0.29) is 5.97 Å². The first-order chi connectivity index (χ1) is 7.66. The number of carbonyl (C=O) groups is 1. The van der Waals surface area contributed by atoms with Crippen LogP contribution >= 0.6 is 0 Å². The van der Waals surface area contributed by atoms with Crippen LogP contribution in [0.3, 0.4) is 0 Å². The number of hydrogen-bond donors (Lipinski definition) is 0. The van der Waals surface area contributed by atoms with Crippen molar-refractivity contribution in [2.45, 2.75) is 6.92 Å². The molecule has 80 valence electrons. The predicted octanol–water partition coefficient (Wildman–Crippen LogP) is 3.53. The van der Waals surface area contributed by atoms with Crippen LogP contribution in [0, 0.1) is 0 Å². The van der Waals surface area contributed by atoms with Crippen LogP contribution in [0.5, 0.6) is 0 Å². The molecular weight excluding hydrogens is 200 g/mol.